The van der Waals surface area contributed by atoms with E-state index in [0.29, 0.717) is 23.5 Å². The van der Waals surface area contributed by atoms with Crippen molar-refractivity contribution < 1.29 is 9.84 Å². The molecule has 3 nitrogen and oxygen atoms in total. The van der Waals surface area contributed by atoms with Gasteiger partial charge in [0.1, 0.15) is 0 Å². The summed E-state index contributed by atoms with van der Waals surface area (Å²) in [4.78, 5) is 0. The molecule has 166 valence electrons. The maximum Gasteiger partial charge on any atom is 0.0937 e. The van der Waals surface area contributed by atoms with Crippen molar-refractivity contribution in [3.63, 3.8) is 0 Å². The van der Waals surface area contributed by atoms with Crippen LogP contribution < -0.4 is 5.32 Å². The van der Waals surface area contributed by atoms with Crippen LogP contribution in [0.4, 0.5) is 0 Å². The van der Waals surface area contributed by atoms with Crippen molar-refractivity contribution in [2.24, 2.45) is 35.0 Å². The summed E-state index contributed by atoms with van der Waals surface area (Å²) in [6.45, 7) is 10.9. The van der Waals surface area contributed by atoms with Crippen LogP contribution in [-0.4, -0.2) is 35.5 Å². The Bertz CT molecular complexity index is 801. The van der Waals surface area contributed by atoms with Crippen molar-refractivity contribution in [3.05, 3.63) is 22.8 Å². The molecule has 4 aliphatic carbocycles. The minimum absolute atomic E-state index is 0.0222. The first kappa shape index (κ1) is 20.0. The number of hydrogen-bond donors (Lipinski definition) is 2. The molecule has 2 saturated carbocycles. The second-order valence-electron chi connectivity index (χ2n) is 12.2. The summed E-state index contributed by atoms with van der Waals surface area (Å²) in [5.41, 5.74) is 5.25. The highest BCUT2D eigenvalue weighted by molar-refractivity contribution is 5.38. The molecule has 6 aliphatic rings. The Balaban J connectivity index is 1.34. The van der Waals surface area contributed by atoms with Crippen LogP contribution in [0, 0.1) is 35.0 Å². The topological polar surface area (TPSA) is 41.5 Å². The van der Waals surface area contributed by atoms with Crippen molar-refractivity contribution in [3.8, 4) is 0 Å². The van der Waals surface area contributed by atoms with Gasteiger partial charge in [0.2, 0.25) is 0 Å². The molecule has 2 saturated heterocycles. The number of fused-ring (bicyclic) bond motifs is 6. The van der Waals surface area contributed by atoms with E-state index in [0.717, 1.165) is 43.1 Å². The van der Waals surface area contributed by atoms with E-state index in [9.17, 15) is 5.11 Å². The van der Waals surface area contributed by atoms with E-state index in [2.05, 4.69) is 39.1 Å². The van der Waals surface area contributed by atoms with Crippen LogP contribution in [0.1, 0.15) is 79.1 Å². The summed E-state index contributed by atoms with van der Waals surface area (Å²) in [6.07, 6.45) is 12.2. The van der Waals surface area contributed by atoms with E-state index in [-0.39, 0.29) is 11.7 Å². The van der Waals surface area contributed by atoms with Crippen LogP contribution in [0.5, 0.6) is 0 Å². The molecule has 1 spiro atoms. The first-order valence-corrected chi connectivity index (χ1v) is 12.8. The number of aliphatic hydroxyl groups is 1. The lowest BCUT2D eigenvalue weighted by molar-refractivity contribution is -0.0549. The van der Waals surface area contributed by atoms with Gasteiger partial charge in [-0.15, -0.1) is 0 Å². The van der Waals surface area contributed by atoms with Gasteiger partial charge in [0.25, 0.3) is 0 Å². The number of ether oxygens (including phenoxy) is 1. The highest BCUT2D eigenvalue weighted by Gasteiger charge is 2.60. The van der Waals surface area contributed by atoms with Crippen molar-refractivity contribution in [2.75, 3.05) is 6.54 Å². The van der Waals surface area contributed by atoms with Crippen LogP contribution >= 0.6 is 0 Å². The molecule has 2 heterocycles. The normalized spacial score (nSPS) is 55.0. The quantitative estimate of drug-likeness (QED) is 0.551. The Kier molecular flexibility index (Phi) is 4.46. The van der Waals surface area contributed by atoms with Gasteiger partial charge in [0, 0.05) is 12.0 Å². The van der Waals surface area contributed by atoms with Gasteiger partial charge >= 0.3 is 0 Å². The third kappa shape index (κ3) is 2.55. The smallest absolute Gasteiger partial charge is 0.0937 e. The summed E-state index contributed by atoms with van der Waals surface area (Å²) >= 11 is 0. The Labute approximate surface area is 182 Å². The minimum Gasteiger partial charge on any atom is -0.393 e. The number of hydrogen-bond acceptors (Lipinski definition) is 3. The van der Waals surface area contributed by atoms with Gasteiger partial charge in [-0.05, 0) is 99.5 Å². The molecule has 3 heteroatoms. The molecule has 4 fully saturated rings. The molecule has 30 heavy (non-hydrogen) atoms. The third-order valence-electron chi connectivity index (χ3n) is 10.9. The summed E-state index contributed by atoms with van der Waals surface area (Å²) < 4.78 is 7.03. The van der Waals surface area contributed by atoms with Crippen LogP contribution in [-0.2, 0) is 4.74 Å². The van der Waals surface area contributed by atoms with Crippen molar-refractivity contribution in [2.45, 2.75) is 103 Å². The second kappa shape index (κ2) is 6.68. The lowest BCUT2D eigenvalue weighted by atomic mass is 9.56. The zero-order chi connectivity index (χ0) is 20.8. The van der Waals surface area contributed by atoms with Gasteiger partial charge < -0.3 is 15.2 Å². The number of rotatable bonds is 0. The lowest BCUT2D eigenvalue weighted by Crippen LogP contribution is -2.49. The monoisotopic (exact) mass is 411 g/mol. The number of nitrogens with one attached hydrogen (secondary N) is 1. The third-order valence-corrected chi connectivity index (χ3v) is 10.9. The van der Waals surface area contributed by atoms with Gasteiger partial charge in [0.05, 0.1) is 17.8 Å². The Morgan fingerprint density at radius 3 is 2.83 bits per heavy atom. The van der Waals surface area contributed by atoms with Gasteiger partial charge in [-0.25, -0.2) is 0 Å². The molecule has 0 amide bonds. The van der Waals surface area contributed by atoms with Crippen molar-refractivity contribution in [1.29, 1.82) is 0 Å². The average Bonchev–Trinajstić information content (AvgIpc) is 3.23. The fraction of sp³-hybridized carbons (Fsp3) is 0.852. The second-order valence-corrected chi connectivity index (χ2v) is 12.2. The first-order chi connectivity index (χ1) is 14.3. The Hall–Kier alpha value is -0.640. The Morgan fingerprint density at radius 2 is 2.00 bits per heavy atom. The predicted octanol–water partition coefficient (Wildman–Crippen LogP) is 5.00. The number of aliphatic hydroxyl groups excluding tert-OH is 1. The molecular formula is C27H41NO2. The molecule has 0 aromatic carbocycles. The standard InChI is InChI=1S/C27H41NO2/c1-15-11-24-25(28-14-15)17(3)27(30-24)10-8-20-21-6-5-18-12-19(29)7-9-26(18,4)23(21)13-22(20)16(27)2/h5,15,17,19-21,23-25,28-29H,6-14H2,1-4H3/t15-,17+,19-,20-,21+,23-,24+,25-,26-,27-/m0/s1. The average molecular weight is 412 g/mol. The van der Waals surface area contributed by atoms with E-state index in [4.69, 9.17) is 4.74 Å². The number of piperidine rings is 1. The van der Waals surface area contributed by atoms with Gasteiger partial charge in [-0.2, -0.15) is 0 Å². The summed E-state index contributed by atoms with van der Waals surface area (Å²) in [6, 6.07) is 0.530. The largest absolute Gasteiger partial charge is 0.393 e. The van der Waals surface area contributed by atoms with E-state index in [1.165, 1.54) is 38.5 Å². The van der Waals surface area contributed by atoms with Crippen LogP contribution in [0.3, 0.4) is 0 Å². The Morgan fingerprint density at radius 1 is 1.17 bits per heavy atom. The van der Waals surface area contributed by atoms with E-state index >= 15 is 0 Å². The van der Waals surface area contributed by atoms with Crippen LogP contribution in [0.2, 0.25) is 0 Å². The van der Waals surface area contributed by atoms with E-state index in [1.807, 2.05) is 0 Å². The predicted molar refractivity (Wildman–Crippen MR) is 120 cm³/mol. The molecule has 6 rings (SSSR count). The molecule has 0 radical (unpaired) electrons. The van der Waals surface area contributed by atoms with Gasteiger partial charge in [-0.3, -0.25) is 0 Å². The van der Waals surface area contributed by atoms with Crippen LogP contribution in [0.15, 0.2) is 22.8 Å². The molecule has 2 N–H and O–H groups in total. The molecule has 0 aromatic rings. The SMILES string of the molecule is CC1=C2C[C@H]3[C@H](CC=C4C[C@@H](O)CC[C@@]43C)[C@@H]2CC[C@]12O[C@@H]1C[C@H](C)CN[C@H]1[C@H]2C. The summed E-state index contributed by atoms with van der Waals surface area (Å²) in [5.74, 6) is 3.64. The molecule has 0 aromatic heterocycles. The fourth-order valence-corrected chi connectivity index (χ4v) is 9.09. The minimum atomic E-state index is -0.111. The zero-order valence-corrected chi connectivity index (χ0v) is 19.4. The molecule has 10 atom stereocenters. The van der Waals surface area contributed by atoms with Crippen molar-refractivity contribution >= 4 is 0 Å². The maximum atomic E-state index is 10.3. The number of allylic oxidation sites excluding steroid dienone is 2. The van der Waals surface area contributed by atoms with Gasteiger partial charge in [0.15, 0.2) is 0 Å². The first-order valence-electron chi connectivity index (χ1n) is 12.8. The summed E-state index contributed by atoms with van der Waals surface area (Å²) in [7, 11) is 0. The highest BCUT2D eigenvalue weighted by atomic mass is 16.5. The molecule has 0 bridgehead atoms. The molecular weight excluding hydrogens is 370 g/mol. The van der Waals surface area contributed by atoms with Gasteiger partial charge in [-0.1, -0.05) is 38.0 Å². The fourth-order valence-electron chi connectivity index (χ4n) is 9.09. The maximum absolute atomic E-state index is 10.3. The molecule has 2 aliphatic heterocycles. The van der Waals surface area contributed by atoms with Crippen molar-refractivity contribution in [1.82, 2.24) is 5.32 Å². The highest BCUT2D eigenvalue weighted by Crippen LogP contribution is 2.65. The summed E-state index contributed by atoms with van der Waals surface area (Å²) in [5, 5.41) is 14.1. The van der Waals surface area contributed by atoms with E-state index in [1.54, 1.807) is 16.7 Å². The van der Waals surface area contributed by atoms with Crippen LogP contribution in [0.25, 0.3) is 0 Å². The lowest BCUT2D eigenvalue weighted by Gasteiger charge is -2.49. The molecule has 0 unspecified atom stereocenters. The zero-order valence-electron chi connectivity index (χ0n) is 19.4. The van der Waals surface area contributed by atoms with E-state index < -0.39 is 0 Å².